The van der Waals surface area contributed by atoms with E-state index >= 15 is 0 Å². The van der Waals surface area contributed by atoms with Gasteiger partial charge in [-0.05, 0) is 41.3 Å². The summed E-state index contributed by atoms with van der Waals surface area (Å²) in [5.41, 5.74) is 2.88. The highest BCUT2D eigenvalue weighted by molar-refractivity contribution is 5.95. The Bertz CT molecular complexity index is 697. The van der Waals surface area contributed by atoms with Gasteiger partial charge in [0.1, 0.15) is 5.75 Å². The molecule has 0 fully saturated rings. The Morgan fingerprint density at radius 2 is 1.86 bits per heavy atom. The second kappa shape index (κ2) is 5.79. The van der Waals surface area contributed by atoms with Crippen molar-refractivity contribution in [1.29, 1.82) is 0 Å². The van der Waals surface area contributed by atoms with Crippen molar-refractivity contribution in [3.8, 4) is 5.75 Å². The number of hydrogen-bond acceptors (Lipinski definition) is 2. The van der Waals surface area contributed by atoms with Crippen LogP contribution >= 0.6 is 0 Å². The predicted octanol–water partition coefficient (Wildman–Crippen LogP) is 3.88. The van der Waals surface area contributed by atoms with Crippen molar-refractivity contribution in [2.24, 2.45) is 5.92 Å². The van der Waals surface area contributed by atoms with Gasteiger partial charge in [0.25, 0.3) is 0 Å². The summed E-state index contributed by atoms with van der Waals surface area (Å²) >= 11 is 0. The number of benzene rings is 2. The molecule has 2 aromatic rings. The third kappa shape index (κ3) is 2.69. The zero-order valence-electron chi connectivity index (χ0n) is 12.6. The van der Waals surface area contributed by atoms with Crippen molar-refractivity contribution < 1.29 is 13.9 Å². The minimum atomic E-state index is -1.23. The van der Waals surface area contributed by atoms with Crippen LogP contribution in [0.4, 0.5) is 10.1 Å². The van der Waals surface area contributed by atoms with E-state index in [1.54, 1.807) is 43.5 Å². The van der Waals surface area contributed by atoms with Gasteiger partial charge in [0.05, 0.1) is 7.11 Å². The molecule has 22 heavy (non-hydrogen) atoms. The van der Waals surface area contributed by atoms with Crippen LogP contribution in [0.2, 0.25) is 0 Å². The number of alkyl halides is 1. The standard InChI is InChI=1S/C18H18FNO2/c1-11-9-13-3-4-14(10-16(13)20-18(11)21)17(19)12-5-7-15(22-2)8-6-12/h3-8,10-11,17H,9H2,1-2H3,(H,20,21). The number of carbonyl (C=O) groups is 1. The second-order valence-corrected chi connectivity index (χ2v) is 5.65. The number of methoxy groups -OCH3 is 1. The van der Waals surface area contributed by atoms with Crippen LogP contribution in [-0.4, -0.2) is 13.0 Å². The van der Waals surface area contributed by atoms with Crippen LogP contribution < -0.4 is 10.1 Å². The first-order valence-corrected chi connectivity index (χ1v) is 7.30. The number of rotatable bonds is 3. The van der Waals surface area contributed by atoms with Gasteiger partial charge in [0.2, 0.25) is 5.91 Å². The number of anilines is 1. The molecule has 2 aromatic carbocycles. The number of hydrogen-bond donors (Lipinski definition) is 1. The minimum Gasteiger partial charge on any atom is -0.497 e. The Morgan fingerprint density at radius 3 is 2.55 bits per heavy atom. The van der Waals surface area contributed by atoms with Crippen LogP contribution in [-0.2, 0) is 11.2 Å². The normalized spacial score (nSPS) is 18.3. The van der Waals surface area contributed by atoms with Crippen molar-refractivity contribution in [1.82, 2.24) is 0 Å². The molecule has 3 nitrogen and oxygen atoms in total. The van der Waals surface area contributed by atoms with E-state index in [1.165, 1.54) is 0 Å². The fourth-order valence-electron chi connectivity index (χ4n) is 2.69. The topological polar surface area (TPSA) is 38.3 Å². The summed E-state index contributed by atoms with van der Waals surface area (Å²) in [5.74, 6) is 0.647. The lowest BCUT2D eigenvalue weighted by Crippen LogP contribution is -2.27. The van der Waals surface area contributed by atoms with Gasteiger partial charge in [-0.1, -0.05) is 31.2 Å². The number of halogens is 1. The van der Waals surface area contributed by atoms with E-state index in [0.717, 1.165) is 11.3 Å². The van der Waals surface area contributed by atoms with Gasteiger partial charge >= 0.3 is 0 Å². The van der Waals surface area contributed by atoms with Gasteiger partial charge in [-0.3, -0.25) is 4.79 Å². The number of carbonyl (C=O) groups excluding carboxylic acids is 1. The Kier molecular flexibility index (Phi) is 3.84. The maximum Gasteiger partial charge on any atom is 0.227 e. The number of ether oxygens (including phenoxy) is 1. The Hall–Kier alpha value is -2.36. The molecule has 4 heteroatoms. The lowest BCUT2D eigenvalue weighted by atomic mass is 9.92. The summed E-state index contributed by atoms with van der Waals surface area (Å²) in [4.78, 5) is 11.8. The van der Waals surface area contributed by atoms with E-state index in [-0.39, 0.29) is 11.8 Å². The van der Waals surface area contributed by atoms with E-state index in [0.29, 0.717) is 23.3 Å². The molecule has 2 unspecified atom stereocenters. The van der Waals surface area contributed by atoms with Gasteiger partial charge in [0.15, 0.2) is 6.17 Å². The van der Waals surface area contributed by atoms with E-state index in [2.05, 4.69) is 5.32 Å². The SMILES string of the molecule is COc1ccc(C(F)c2ccc3c(c2)NC(=O)C(C)C3)cc1. The van der Waals surface area contributed by atoms with Gasteiger partial charge in [0, 0.05) is 11.6 Å². The number of amides is 1. The molecular weight excluding hydrogens is 281 g/mol. The first-order valence-electron chi connectivity index (χ1n) is 7.30. The second-order valence-electron chi connectivity index (χ2n) is 5.65. The molecule has 0 saturated heterocycles. The fourth-order valence-corrected chi connectivity index (χ4v) is 2.69. The highest BCUT2D eigenvalue weighted by Crippen LogP contribution is 2.33. The molecule has 114 valence electrons. The molecule has 0 spiro atoms. The van der Waals surface area contributed by atoms with Crippen molar-refractivity contribution in [3.63, 3.8) is 0 Å². The summed E-state index contributed by atoms with van der Waals surface area (Å²) in [6.07, 6.45) is -0.534. The van der Waals surface area contributed by atoms with Crippen LogP contribution in [0.1, 0.15) is 29.8 Å². The average molecular weight is 299 g/mol. The highest BCUT2D eigenvalue weighted by atomic mass is 19.1. The van der Waals surface area contributed by atoms with Crippen molar-refractivity contribution in [2.45, 2.75) is 19.5 Å². The Labute approximate surface area is 129 Å². The van der Waals surface area contributed by atoms with Crippen molar-refractivity contribution >= 4 is 11.6 Å². The molecule has 0 aromatic heterocycles. The molecule has 1 N–H and O–H groups in total. The van der Waals surface area contributed by atoms with Gasteiger partial charge < -0.3 is 10.1 Å². The molecule has 0 radical (unpaired) electrons. The maximum atomic E-state index is 14.7. The molecular formula is C18H18FNO2. The highest BCUT2D eigenvalue weighted by Gasteiger charge is 2.23. The van der Waals surface area contributed by atoms with Crippen molar-refractivity contribution in [3.05, 3.63) is 59.2 Å². The minimum absolute atomic E-state index is 0.00972. The number of fused-ring (bicyclic) bond motifs is 1. The van der Waals surface area contributed by atoms with Crippen LogP contribution in [0.5, 0.6) is 5.75 Å². The van der Waals surface area contributed by atoms with Crippen LogP contribution in [0.25, 0.3) is 0 Å². The van der Waals surface area contributed by atoms with Gasteiger partial charge in [-0.25, -0.2) is 4.39 Å². The molecule has 0 bridgehead atoms. The van der Waals surface area contributed by atoms with E-state index < -0.39 is 6.17 Å². The monoisotopic (exact) mass is 299 g/mol. The molecule has 1 aliphatic heterocycles. The summed E-state index contributed by atoms with van der Waals surface area (Å²) in [7, 11) is 1.58. The number of nitrogens with one attached hydrogen (secondary N) is 1. The molecule has 1 amide bonds. The van der Waals surface area contributed by atoms with Gasteiger partial charge in [-0.15, -0.1) is 0 Å². The summed E-state index contributed by atoms with van der Waals surface area (Å²) in [6, 6.07) is 12.3. The molecule has 2 atom stereocenters. The predicted molar refractivity (Wildman–Crippen MR) is 83.9 cm³/mol. The summed E-state index contributed by atoms with van der Waals surface area (Å²) < 4.78 is 19.8. The van der Waals surface area contributed by atoms with Crippen molar-refractivity contribution in [2.75, 3.05) is 12.4 Å². The fraction of sp³-hybridized carbons (Fsp3) is 0.278. The summed E-state index contributed by atoms with van der Waals surface area (Å²) in [5, 5.41) is 2.85. The largest absolute Gasteiger partial charge is 0.497 e. The van der Waals surface area contributed by atoms with Crippen LogP contribution in [0, 0.1) is 5.92 Å². The average Bonchev–Trinajstić information content (AvgIpc) is 2.55. The zero-order chi connectivity index (χ0) is 15.7. The summed E-state index contributed by atoms with van der Waals surface area (Å²) in [6.45, 7) is 1.89. The Balaban J connectivity index is 1.88. The Morgan fingerprint density at radius 1 is 1.18 bits per heavy atom. The first kappa shape index (κ1) is 14.6. The molecule has 3 rings (SSSR count). The van der Waals surface area contributed by atoms with Gasteiger partial charge in [-0.2, -0.15) is 0 Å². The van der Waals surface area contributed by atoms with E-state index in [4.69, 9.17) is 4.74 Å². The maximum absolute atomic E-state index is 14.7. The first-order chi connectivity index (χ1) is 10.6. The molecule has 0 saturated carbocycles. The van der Waals surface area contributed by atoms with Crippen LogP contribution in [0.15, 0.2) is 42.5 Å². The zero-order valence-corrected chi connectivity index (χ0v) is 12.6. The molecule has 1 aliphatic rings. The smallest absolute Gasteiger partial charge is 0.227 e. The lowest BCUT2D eigenvalue weighted by Gasteiger charge is -2.23. The third-order valence-electron chi connectivity index (χ3n) is 4.07. The quantitative estimate of drug-likeness (QED) is 0.934. The van der Waals surface area contributed by atoms with E-state index in [9.17, 15) is 9.18 Å². The molecule has 1 heterocycles. The van der Waals surface area contributed by atoms with Crippen LogP contribution in [0.3, 0.4) is 0 Å². The third-order valence-corrected chi connectivity index (χ3v) is 4.07. The van der Waals surface area contributed by atoms with E-state index in [1.807, 2.05) is 13.0 Å². The lowest BCUT2D eigenvalue weighted by molar-refractivity contribution is -0.119. The molecule has 0 aliphatic carbocycles.